The van der Waals surface area contributed by atoms with Gasteiger partial charge in [0.15, 0.2) is 0 Å². The van der Waals surface area contributed by atoms with Crippen LogP contribution in [0, 0.1) is 0 Å². The molecule has 0 radical (unpaired) electrons. The molecule has 3 amide bonds. The molecule has 14 heteroatoms. The molecule has 1 unspecified atom stereocenters. The maximum Gasteiger partial charge on any atom is 0.276 e. The minimum absolute atomic E-state index is 0.0943. The summed E-state index contributed by atoms with van der Waals surface area (Å²) in [4.78, 5) is 48.4. The molecule has 4 aromatic rings. The highest BCUT2D eigenvalue weighted by Gasteiger charge is 2.26. The van der Waals surface area contributed by atoms with Gasteiger partial charge >= 0.3 is 0 Å². The van der Waals surface area contributed by atoms with Gasteiger partial charge in [-0.05, 0) is 54.7 Å². The standard InChI is InChI=1S/C32H36ClN7O6/c1-40-17-22(20-15-36-39-30(20)32(40)44)19-12-26(45-2)21(27(13-19)46-3)14-34-16-29(42)35-10-4-5-18-6-7-24(23(33)11-18)37-25-8-9-28(41)38-31(25)43/h6-7,11-13,15,17,25,34,37H,4-5,8-10,14,16H2,1-3H3,(H,35,42)(H,36,39)(H,38,41,43). The topological polar surface area (TPSA) is 168 Å². The Morgan fingerprint density at radius 1 is 1.13 bits per heavy atom. The van der Waals surface area contributed by atoms with Crippen molar-refractivity contribution in [3.63, 3.8) is 0 Å². The van der Waals surface area contributed by atoms with Crippen molar-refractivity contribution >= 4 is 45.9 Å². The lowest BCUT2D eigenvalue weighted by Gasteiger charge is -2.23. The summed E-state index contributed by atoms with van der Waals surface area (Å²) in [5.74, 6) is 0.376. The summed E-state index contributed by atoms with van der Waals surface area (Å²) in [7, 11) is 4.82. The Morgan fingerprint density at radius 3 is 2.59 bits per heavy atom. The van der Waals surface area contributed by atoms with Gasteiger partial charge in [0.2, 0.25) is 17.7 Å². The molecule has 2 aromatic heterocycles. The molecule has 13 nitrogen and oxygen atoms in total. The van der Waals surface area contributed by atoms with Gasteiger partial charge in [-0.2, -0.15) is 5.10 Å². The predicted molar refractivity (Wildman–Crippen MR) is 174 cm³/mol. The number of hydrogen-bond acceptors (Lipinski definition) is 9. The number of fused-ring (bicyclic) bond motifs is 1. The lowest BCUT2D eigenvalue weighted by atomic mass is 10.0. The number of carbonyl (C=O) groups excluding carboxylic acids is 3. The number of ether oxygens (including phenoxy) is 2. The van der Waals surface area contributed by atoms with E-state index in [0.717, 1.165) is 22.3 Å². The molecular weight excluding hydrogens is 614 g/mol. The molecule has 1 fully saturated rings. The molecule has 0 saturated carbocycles. The van der Waals surface area contributed by atoms with Crippen LogP contribution in [0.15, 0.2) is 47.5 Å². The van der Waals surface area contributed by atoms with E-state index >= 15 is 0 Å². The van der Waals surface area contributed by atoms with Crippen LogP contribution in [0.25, 0.3) is 22.0 Å². The number of amides is 3. The minimum Gasteiger partial charge on any atom is -0.496 e. The summed E-state index contributed by atoms with van der Waals surface area (Å²) < 4.78 is 12.9. The molecule has 242 valence electrons. The average Bonchev–Trinajstić information content (AvgIpc) is 3.54. The first kappa shape index (κ1) is 32.5. The van der Waals surface area contributed by atoms with Crippen molar-refractivity contribution in [1.82, 2.24) is 30.7 Å². The number of aryl methyl sites for hydroxylation is 2. The zero-order chi connectivity index (χ0) is 32.8. The highest BCUT2D eigenvalue weighted by Crippen LogP contribution is 2.37. The number of aromatic amines is 1. The highest BCUT2D eigenvalue weighted by atomic mass is 35.5. The van der Waals surface area contributed by atoms with E-state index in [1.807, 2.05) is 30.3 Å². The molecule has 2 aromatic carbocycles. The largest absolute Gasteiger partial charge is 0.496 e. The van der Waals surface area contributed by atoms with E-state index in [-0.39, 0.29) is 36.2 Å². The molecule has 0 bridgehead atoms. The van der Waals surface area contributed by atoms with Crippen LogP contribution in [-0.2, 0) is 34.4 Å². The molecule has 1 atom stereocenters. The van der Waals surface area contributed by atoms with Crippen LogP contribution >= 0.6 is 11.6 Å². The highest BCUT2D eigenvalue weighted by molar-refractivity contribution is 6.33. The third-order valence-corrected chi connectivity index (χ3v) is 8.17. The van der Waals surface area contributed by atoms with Crippen LogP contribution in [0.1, 0.15) is 30.4 Å². The summed E-state index contributed by atoms with van der Waals surface area (Å²) in [6.07, 6.45) is 5.48. The minimum atomic E-state index is -0.507. The fraction of sp³-hybridized carbons (Fsp3) is 0.344. The summed E-state index contributed by atoms with van der Waals surface area (Å²) >= 11 is 6.44. The van der Waals surface area contributed by atoms with Crippen LogP contribution < -0.4 is 36.3 Å². The third-order valence-electron chi connectivity index (χ3n) is 7.86. The Morgan fingerprint density at radius 2 is 1.89 bits per heavy atom. The number of rotatable bonds is 13. The Balaban J connectivity index is 1.11. The van der Waals surface area contributed by atoms with Crippen molar-refractivity contribution in [2.24, 2.45) is 7.05 Å². The van der Waals surface area contributed by atoms with Gasteiger partial charge in [-0.1, -0.05) is 17.7 Å². The number of methoxy groups -OCH3 is 2. The first-order valence-corrected chi connectivity index (χ1v) is 15.2. The van der Waals surface area contributed by atoms with Crippen LogP contribution in [0.2, 0.25) is 5.02 Å². The monoisotopic (exact) mass is 649 g/mol. The number of imide groups is 1. The number of pyridine rings is 1. The van der Waals surface area contributed by atoms with Crippen molar-refractivity contribution in [3.8, 4) is 22.6 Å². The molecule has 5 rings (SSSR count). The number of nitrogens with zero attached hydrogens (tertiary/aromatic N) is 2. The first-order valence-electron chi connectivity index (χ1n) is 14.8. The maximum absolute atomic E-state index is 12.5. The van der Waals surface area contributed by atoms with E-state index in [2.05, 4.69) is 31.5 Å². The van der Waals surface area contributed by atoms with Gasteiger partial charge < -0.3 is 30.0 Å². The van der Waals surface area contributed by atoms with E-state index < -0.39 is 6.04 Å². The van der Waals surface area contributed by atoms with Crippen LogP contribution in [-0.4, -0.2) is 65.8 Å². The van der Waals surface area contributed by atoms with Crippen molar-refractivity contribution in [2.75, 3.05) is 32.6 Å². The molecule has 46 heavy (non-hydrogen) atoms. The lowest BCUT2D eigenvalue weighted by molar-refractivity contribution is -0.133. The number of anilines is 1. The van der Waals surface area contributed by atoms with Gasteiger partial charge in [-0.25, -0.2) is 0 Å². The zero-order valence-corrected chi connectivity index (χ0v) is 26.5. The van der Waals surface area contributed by atoms with Gasteiger partial charge in [0, 0.05) is 49.3 Å². The maximum atomic E-state index is 12.5. The van der Waals surface area contributed by atoms with Gasteiger partial charge in [-0.3, -0.25) is 29.6 Å². The molecular formula is C32H36ClN7O6. The van der Waals surface area contributed by atoms with Crippen molar-refractivity contribution < 1.29 is 23.9 Å². The molecule has 1 aliphatic heterocycles. The molecule has 5 N–H and O–H groups in total. The zero-order valence-electron chi connectivity index (χ0n) is 25.8. The third kappa shape index (κ3) is 7.32. The smallest absolute Gasteiger partial charge is 0.276 e. The van der Waals surface area contributed by atoms with Crippen molar-refractivity contribution in [2.45, 2.75) is 38.3 Å². The summed E-state index contributed by atoms with van der Waals surface area (Å²) in [5, 5.41) is 19.5. The SMILES string of the molecule is COc1cc(-c2cn(C)c(=O)c3[nH]ncc23)cc(OC)c1CNCC(=O)NCCCc1ccc(NC2CCC(=O)NC2=O)c(Cl)c1. The van der Waals surface area contributed by atoms with E-state index in [9.17, 15) is 19.2 Å². The van der Waals surface area contributed by atoms with E-state index in [1.54, 1.807) is 33.7 Å². The second-order valence-electron chi connectivity index (χ2n) is 11.0. The second-order valence-corrected chi connectivity index (χ2v) is 11.4. The molecule has 1 saturated heterocycles. The number of halogens is 1. The normalized spacial score (nSPS) is 14.7. The Bertz CT molecular complexity index is 1810. The quantitative estimate of drug-likeness (QED) is 0.108. The molecule has 1 aliphatic rings. The summed E-state index contributed by atoms with van der Waals surface area (Å²) in [6.45, 7) is 0.904. The van der Waals surface area contributed by atoms with Gasteiger partial charge in [0.05, 0.1) is 37.7 Å². The first-order chi connectivity index (χ1) is 22.2. The van der Waals surface area contributed by atoms with Crippen LogP contribution in [0.4, 0.5) is 5.69 Å². The number of nitrogens with one attached hydrogen (secondary N) is 5. The summed E-state index contributed by atoms with van der Waals surface area (Å²) in [5.41, 5.74) is 4.21. The number of carbonyl (C=O) groups is 3. The van der Waals surface area contributed by atoms with Gasteiger partial charge in [0.25, 0.3) is 5.56 Å². The lowest BCUT2D eigenvalue weighted by Crippen LogP contribution is -2.47. The molecule has 0 aliphatic carbocycles. The van der Waals surface area contributed by atoms with Gasteiger partial charge in [-0.15, -0.1) is 0 Å². The van der Waals surface area contributed by atoms with E-state index in [0.29, 0.717) is 65.5 Å². The van der Waals surface area contributed by atoms with Gasteiger partial charge in [0.1, 0.15) is 23.1 Å². The van der Waals surface area contributed by atoms with Crippen LogP contribution in [0.3, 0.4) is 0 Å². The Hall–Kier alpha value is -4.88. The van der Waals surface area contributed by atoms with E-state index in [4.69, 9.17) is 21.1 Å². The Kier molecular flexibility index (Phi) is 10.2. The number of aromatic nitrogens is 3. The number of hydrogen-bond donors (Lipinski definition) is 5. The fourth-order valence-electron chi connectivity index (χ4n) is 5.43. The van der Waals surface area contributed by atoms with Crippen LogP contribution in [0.5, 0.6) is 11.5 Å². The second kappa shape index (κ2) is 14.5. The number of H-pyrrole nitrogens is 1. The Labute approximate surface area is 270 Å². The van der Waals surface area contributed by atoms with E-state index in [1.165, 1.54) is 4.57 Å². The molecule has 0 spiro atoms. The molecule has 3 heterocycles. The fourth-order valence-corrected chi connectivity index (χ4v) is 5.69. The summed E-state index contributed by atoms with van der Waals surface area (Å²) in [6, 6.07) is 8.81. The average molecular weight is 650 g/mol. The predicted octanol–water partition coefficient (Wildman–Crippen LogP) is 2.65. The number of benzene rings is 2. The van der Waals surface area contributed by atoms with Crippen molar-refractivity contribution in [3.05, 3.63) is 69.2 Å². The number of piperidine rings is 1. The van der Waals surface area contributed by atoms with Crippen molar-refractivity contribution in [1.29, 1.82) is 0 Å².